The monoisotopic (exact) mass is 163 g/mol. The molecule has 0 N–H and O–H groups in total. The van der Waals surface area contributed by atoms with Gasteiger partial charge < -0.3 is 4.57 Å². The number of aromatic nitrogens is 1. The Bertz CT molecular complexity index is 279. The first kappa shape index (κ1) is 9.11. The molecule has 1 heterocycles. The number of aryl methyl sites for hydroxylation is 1. The van der Waals surface area contributed by atoms with Gasteiger partial charge in [-0.2, -0.15) is 0 Å². The van der Waals surface area contributed by atoms with Gasteiger partial charge in [-0.25, -0.2) is 0 Å². The lowest BCUT2D eigenvalue weighted by molar-refractivity contribution is 0.830. The van der Waals surface area contributed by atoms with Gasteiger partial charge >= 0.3 is 0 Å². The van der Waals surface area contributed by atoms with E-state index in [9.17, 15) is 0 Å². The summed E-state index contributed by atoms with van der Waals surface area (Å²) in [6, 6.07) is 4.29. The summed E-state index contributed by atoms with van der Waals surface area (Å²) < 4.78 is 2.19. The third-order valence-corrected chi connectivity index (χ3v) is 2.06. The SMILES string of the molecule is Cc1ccc(/C=C/C(C)C)n1C. The standard InChI is InChI=1S/C11H17N/c1-9(2)5-7-11-8-6-10(3)12(11)4/h5-9H,1-4H3/b7-5+. The van der Waals surface area contributed by atoms with E-state index in [1.807, 2.05) is 0 Å². The summed E-state index contributed by atoms with van der Waals surface area (Å²) in [5.74, 6) is 0.625. The quantitative estimate of drug-likeness (QED) is 0.631. The lowest BCUT2D eigenvalue weighted by Gasteiger charge is -2.00. The largest absolute Gasteiger partial charge is 0.348 e. The molecule has 0 aliphatic rings. The van der Waals surface area contributed by atoms with Crippen LogP contribution in [0.5, 0.6) is 0 Å². The molecular formula is C11H17N. The van der Waals surface area contributed by atoms with Crippen LogP contribution < -0.4 is 0 Å². The highest BCUT2D eigenvalue weighted by Crippen LogP contribution is 2.08. The summed E-state index contributed by atoms with van der Waals surface area (Å²) in [5.41, 5.74) is 2.58. The normalized spacial score (nSPS) is 11.8. The van der Waals surface area contributed by atoms with Crippen molar-refractivity contribution in [1.82, 2.24) is 4.57 Å². The number of nitrogens with zero attached hydrogens (tertiary/aromatic N) is 1. The molecular weight excluding hydrogens is 146 g/mol. The molecule has 1 aromatic heterocycles. The Labute approximate surface area is 74.7 Å². The summed E-state index contributed by atoms with van der Waals surface area (Å²) in [6.45, 7) is 6.49. The molecule has 0 unspecified atom stereocenters. The third-order valence-electron chi connectivity index (χ3n) is 2.06. The van der Waals surface area contributed by atoms with Crippen LogP contribution in [0.25, 0.3) is 6.08 Å². The molecule has 0 bridgehead atoms. The molecule has 0 saturated heterocycles. The second kappa shape index (κ2) is 3.61. The minimum Gasteiger partial charge on any atom is -0.348 e. The van der Waals surface area contributed by atoms with E-state index in [1.54, 1.807) is 0 Å². The Morgan fingerprint density at radius 2 is 2.00 bits per heavy atom. The smallest absolute Gasteiger partial charge is 0.0403 e. The highest BCUT2D eigenvalue weighted by atomic mass is 14.9. The molecule has 1 rings (SSSR count). The zero-order valence-corrected chi connectivity index (χ0v) is 8.33. The van der Waals surface area contributed by atoms with Gasteiger partial charge in [-0.1, -0.05) is 19.9 Å². The molecule has 1 nitrogen and oxygen atoms in total. The van der Waals surface area contributed by atoms with Crippen molar-refractivity contribution in [2.45, 2.75) is 20.8 Å². The minimum absolute atomic E-state index is 0.625. The van der Waals surface area contributed by atoms with Gasteiger partial charge in [0.1, 0.15) is 0 Å². The van der Waals surface area contributed by atoms with E-state index >= 15 is 0 Å². The van der Waals surface area contributed by atoms with Crippen LogP contribution in [0.2, 0.25) is 0 Å². The van der Waals surface area contributed by atoms with E-state index in [1.165, 1.54) is 11.4 Å². The summed E-state index contributed by atoms with van der Waals surface area (Å²) in [4.78, 5) is 0. The predicted octanol–water partition coefficient (Wildman–Crippen LogP) is 3.00. The first-order valence-corrected chi connectivity index (χ1v) is 4.42. The molecule has 66 valence electrons. The maximum absolute atomic E-state index is 2.22. The van der Waals surface area contributed by atoms with Gasteiger partial charge in [-0.05, 0) is 31.1 Å². The van der Waals surface area contributed by atoms with E-state index < -0.39 is 0 Å². The number of allylic oxidation sites excluding steroid dienone is 1. The Kier molecular flexibility index (Phi) is 2.74. The van der Waals surface area contributed by atoms with Crippen molar-refractivity contribution in [3.8, 4) is 0 Å². The van der Waals surface area contributed by atoms with Crippen LogP contribution in [-0.2, 0) is 7.05 Å². The van der Waals surface area contributed by atoms with Crippen molar-refractivity contribution in [1.29, 1.82) is 0 Å². The third kappa shape index (κ3) is 2.00. The molecule has 0 aromatic carbocycles. The van der Waals surface area contributed by atoms with Crippen LogP contribution in [0.4, 0.5) is 0 Å². The molecule has 0 saturated carbocycles. The minimum atomic E-state index is 0.625. The van der Waals surface area contributed by atoms with E-state index in [0.717, 1.165) is 0 Å². The van der Waals surface area contributed by atoms with Crippen LogP contribution in [0.15, 0.2) is 18.2 Å². The van der Waals surface area contributed by atoms with Gasteiger partial charge in [-0.3, -0.25) is 0 Å². The second-order valence-electron chi connectivity index (χ2n) is 3.56. The van der Waals surface area contributed by atoms with Crippen molar-refractivity contribution in [3.63, 3.8) is 0 Å². The van der Waals surface area contributed by atoms with Crippen LogP contribution in [0.3, 0.4) is 0 Å². The Morgan fingerprint density at radius 1 is 1.33 bits per heavy atom. The number of hydrogen-bond donors (Lipinski definition) is 0. The van der Waals surface area contributed by atoms with Crippen molar-refractivity contribution in [3.05, 3.63) is 29.6 Å². The maximum Gasteiger partial charge on any atom is 0.0403 e. The zero-order valence-electron chi connectivity index (χ0n) is 8.33. The Balaban J connectivity index is 2.83. The molecule has 0 aliphatic heterocycles. The first-order chi connectivity index (χ1) is 5.61. The van der Waals surface area contributed by atoms with Crippen LogP contribution >= 0.6 is 0 Å². The Hall–Kier alpha value is -0.980. The molecule has 0 radical (unpaired) electrons. The van der Waals surface area contributed by atoms with Gasteiger partial charge in [-0.15, -0.1) is 0 Å². The predicted molar refractivity (Wildman–Crippen MR) is 54.0 cm³/mol. The van der Waals surface area contributed by atoms with E-state index in [2.05, 4.69) is 56.7 Å². The maximum atomic E-state index is 2.22. The molecule has 0 amide bonds. The fourth-order valence-electron chi connectivity index (χ4n) is 1.09. The number of hydrogen-bond acceptors (Lipinski definition) is 0. The molecule has 1 heteroatoms. The van der Waals surface area contributed by atoms with Crippen molar-refractivity contribution >= 4 is 6.08 Å². The molecule has 12 heavy (non-hydrogen) atoms. The summed E-state index contributed by atoms with van der Waals surface area (Å²) in [6.07, 6.45) is 4.40. The van der Waals surface area contributed by atoms with Gasteiger partial charge in [0.15, 0.2) is 0 Å². The molecule has 0 aliphatic carbocycles. The highest BCUT2D eigenvalue weighted by Gasteiger charge is 1.95. The first-order valence-electron chi connectivity index (χ1n) is 4.42. The average molecular weight is 163 g/mol. The topological polar surface area (TPSA) is 4.93 Å². The van der Waals surface area contributed by atoms with Crippen LogP contribution in [0.1, 0.15) is 25.2 Å². The van der Waals surface area contributed by atoms with Crippen molar-refractivity contribution < 1.29 is 0 Å². The lowest BCUT2D eigenvalue weighted by Crippen LogP contribution is -1.92. The lowest BCUT2D eigenvalue weighted by atomic mass is 10.2. The summed E-state index contributed by atoms with van der Waals surface area (Å²) in [5, 5.41) is 0. The fraction of sp³-hybridized carbons (Fsp3) is 0.455. The van der Waals surface area contributed by atoms with Crippen LogP contribution in [-0.4, -0.2) is 4.57 Å². The Morgan fingerprint density at radius 3 is 2.42 bits per heavy atom. The van der Waals surface area contributed by atoms with E-state index in [4.69, 9.17) is 0 Å². The zero-order chi connectivity index (χ0) is 9.14. The van der Waals surface area contributed by atoms with Crippen molar-refractivity contribution in [2.75, 3.05) is 0 Å². The molecule has 0 atom stereocenters. The number of rotatable bonds is 2. The van der Waals surface area contributed by atoms with Crippen molar-refractivity contribution in [2.24, 2.45) is 13.0 Å². The van der Waals surface area contributed by atoms with E-state index in [-0.39, 0.29) is 0 Å². The average Bonchev–Trinajstić information content (AvgIpc) is 2.30. The molecule has 0 fully saturated rings. The highest BCUT2D eigenvalue weighted by molar-refractivity contribution is 5.46. The summed E-state index contributed by atoms with van der Waals surface area (Å²) in [7, 11) is 2.09. The summed E-state index contributed by atoms with van der Waals surface area (Å²) >= 11 is 0. The van der Waals surface area contributed by atoms with E-state index in [0.29, 0.717) is 5.92 Å². The van der Waals surface area contributed by atoms with Gasteiger partial charge in [0.05, 0.1) is 0 Å². The second-order valence-corrected chi connectivity index (χ2v) is 3.56. The molecule has 0 spiro atoms. The van der Waals surface area contributed by atoms with Gasteiger partial charge in [0.25, 0.3) is 0 Å². The van der Waals surface area contributed by atoms with Crippen LogP contribution in [0, 0.1) is 12.8 Å². The van der Waals surface area contributed by atoms with Gasteiger partial charge in [0, 0.05) is 18.4 Å². The molecule has 1 aromatic rings. The van der Waals surface area contributed by atoms with Gasteiger partial charge in [0.2, 0.25) is 0 Å². The fourth-order valence-corrected chi connectivity index (χ4v) is 1.09.